The van der Waals surface area contributed by atoms with Gasteiger partial charge in [0.2, 0.25) is 5.90 Å². The first kappa shape index (κ1) is 19.9. The van der Waals surface area contributed by atoms with Crippen LogP contribution in [0, 0.1) is 0 Å². The predicted octanol–water partition coefficient (Wildman–Crippen LogP) is 1.17. The number of piperidine rings is 1. The number of alkyl halides is 1. The minimum absolute atomic E-state index is 0.0834. The molecule has 1 aromatic rings. The van der Waals surface area contributed by atoms with Gasteiger partial charge in [0.1, 0.15) is 12.7 Å². The Balaban J connectivity index is 1.45. The molecular formula is C18H23FN6O3S. The number of aliphatic hydroxyl groups is 1. The Morgan fingerprint density at radius 2 is 2.24 bits per heavy atom. The molecule has 3 aliphatic heterocycles. The van der Waals surface area contributed by atoms with Crippen LogP contribution < -0.4 is 5.32 Å². The summed E-state index contributed by atoms with van der Waals surface area (Å²) in [5.74, 6) is 0.491. The maximum atomic E-state index is 12.9. The van der Waals surface area contributed by atoms with Crippen molar-refractivity contribution in [1.29, 1.82) is 0 Å². The van der Waals surface area contributed by atoms with Crippen LogP contribution in [0.15, 0.2) is 28.6 Å². The number of hydrogen-bond donors (Lipinski definition) is 2. The van der Waals surface area contributed by atoms with Crippen LogP contribution in [-0.2, 0) is 11.8 Å². The van der Waals surface area contributed by atoms with E-state index in [1.54, 1.807) is 29.1 Å². The molecule has 3 aliphatic rings. The Morgan fingerprint density at radius 1 is 1.48 bits per heavy atom. The van der Waals surface area contributed by atoms with Gasteiger partial charge in [0.05, 0.1) is 24.2 Å². The van der Waals surface area contributed by atoms with Gasteiger partial charge in [-0.2, -0.15) is 5.10 Å². The minimum Gasteiger partial charge on any atom is -0.482 e. The summed E-state index contributed by atoms with van der Waals surface area (Å²) in [5, 5.41) is 17.5. The van der Waals surface area contributed by atoms with E-state index < -0.39 is 12.3 Å². The molecule has 0 aliphatic carbocycles. The topological polar surface area (TPSA) is 104 Å². The molecule has 0 spiro atoms. The van der Waals surface area contributed by atoms with Crippen LogP contribution in [0.2, 0.25) is 0 Å². The van der Waals surface area contributed by atoms with Gasteiger partial charge in [-0.1, -0.05) is 11.8 Å². The Kier molecular flexibility index (Phi) is 5.34. The molecule has 156 valence electrons. The van der Waals surface area contributed by atoms with Crippen LogP contribution in [0.25, 0.3) is 5.57 Å². The normalized spacial score (nSPS) is 25.7. The number of ether oxygens (including phenoxy) is 1. The fourth-order valence-corrected chi connectivity index (χ4v) is 4.78. The number of methoxy groups -OCH3 is 1. The van der Waals surface area contributed by atoms with E-state index in [4.69, 9.17) is 4.74 Å². The van der Waals surface area contributed by atoms with Crippen molar-refractivity contribution < 1.29 is 19.0 Å². The van der Waals surface area contributed by atoms with Crippen molar-refractivity contribution in [2.45, 2.75) is 29.7 Å². The van der Waals surface area contributed by atoms with E-state index in [0.29, 0.717) is 24.2 Å². The van der Waals surface area contributed by atoms with Crippen LogP contribution in [0.1, 0.15) is 18.4 Å². The first-order chi connectivity index (χ1) is 13.9. The summed E-state index contributed by atoms with van der Waals surface area (Å²) in [7, 11) is 3.40. The fourth-order valence-electron chi connectivity index (χ4n) is 3.58. The molecule has 4 heterocycles. The van der Waals surface area contributed by atoms with Gasteiger partial charge < -0.3 is 14.7 Å². The molecule has 2 amide bonds. The number of thioether (sulfide) groups is 1. The Labute approximate surface area is 171 Å². The lowest BCUT2D eigenvalue weighted by Crippen LogP contribution is -2.51. The molecule has 1 aromatic heterocycles. The number of nitrogens with zero attached hydrogens (tertiary/aromatic N) is 5. The van der Waals surface area contributed by atoms with Gasteiger partial charge in [-0.05, 0) is 18.4 Å². The van der Waals surface area contributed by atoms with Crippen molar-refractivity contribution in [3.63, 3.8) is 0 Å². The molecule has 0 saturated carbocycles. The van der Waals surface area contributed by atoms with Crippen molar-refractivity contribution in [3.8, 4) is 0 Å². The molecule has 2 unspecified atom stereocenters. The molecule has 4 rings (SSSR count). The lowest BCUT2D eigenvalue weighted by Gasteiger charge is -2.36. The van der Waals surface area contributed by atoms with Gasteiger partial charge in [-0.15, -0.1) is 0 Å². The summed E-state index contributed by atoms with van der Waals surface area (Å²) >= 11 is 1.44. The number of nitrogens with one attached hydrogen (secondary N) is 1. The number of amides is 2. The molecule has 2 atom stereocenters. The number of hydrogen-bond acceptors (Lipinski definition) is 7. The van der Waals surface area contributed by atoms with Crippen molar-refractivity contribution >= 4 is 34.4 Å². The lowest BCUT2D eigenvalue weighted by molar-refractivity contribution is -0.0299. The monoisotopic (exact) mass is 422 g/mol. The zero-order valence-corrected chi connectivity index (χ0v) is 17.0. The summed E-state index contributed by atoms with van der Waals surface area (Å²) in [4.78, 5) is 23.2. The Hall–Kier alpha value is -2.40. The molecule has 2 N–H and O–H groups in total. The highest BCUT2D eigenvalue weighted by Gasteiger charge is 2.41. The number of fused-ring (bicyclic) bond motifs is 1. The predicted molar refractivity (Wildman–Crippen MR) is 108 cm³/mol. The van der Waals surface area contributed by atoms with Crippen LogP contribution in [0.3, 0.4) is 0 Å². The van der Waals surface area contributed by atoms with Crippen LogP contribution >= 0.6 is 11.8 Å². The van der Waals surface area contributed by atoms with Crippen molar-refractivity contribution in [2.75, 3.05) is 26.9 Å². The zero-order chi connectivity index (χ0) is 20.6. The van der Waals surface area contributed by atoms with E-state index in [0.717, 1.165) is 11.1 Å². The highest BCUT2D eigenvalue weighted by Crippen LogP contribution is 2.39. The number of aromatic nitrogens is 2. The molecule has 9 nitrogen and oxygen atoms in total. The number of likely N-dealkylation sites (tertiary alicyclic amines) is 1. The highest BCUT2D eigenvalue weighted by molar-refractivity contribution is 8.15. The zero-order valence-electron chi connectivity index (χ0n) is 16.2. The molecule has 29 heavy (non-hydrogen) atoms. The van der Waals surface area contributed by atoms with E-state index in [9.17, 15) is 14.3 Å². The van der Waals surface area contributed by atoms with Crippen LogP contribution in [0.4, 0.5) is 9.18 Å². The lowest BCUT2D eigenvalue weighted by atomic mass is 9.93. The van der Waals surface area contributed by atoms with Gasteiger partial charge in [-0.25, -0.2) is 19.2 Å². The summed E-state index contributed by atoms with van der Waals surface area (Å²) < 4.78 is 20.0. The van der Waals surface area contributed by atoms with Crippen molar-refractivity contribution in [2.24, 2.45) is 17.0 Å². The van der Waals surface area contributed by atoms with Crippen LogP contribution in [0.5, 0.6) is 0 Å². The Bertz CT molecular complexity index is 890. The number of aliphatic imine (C=N–C) groups is 2. The van der Waals surface area contributed by atoms with Gasteiger partial charge in [-0.3, -0.25) is 10.00 Å². The number of carbonyl (C=O) groups is 1. The molecule has 1 fully saturated rings. The molecule has 0 radical (unpaired) electrons. The standard InChI is InChI=1S/C18H23FN6O3S/c1-24-9-11(7-21-24)12-8-20-15(28-2)13-14(12)29-16(22-13)23-17(26)25-5-3-18(27,10-19)4-6-25/h7-9,13-14,27H,3-6,10H2,1-2H3,(H,22,23,26). The summed E-state index contributed by atoms with van der Waals surface area (Å²) in [5.41, 5.74) is 0.588. The molecule has 0 aromatic carbocycles. The summed E-state index contributed by atoms with van der Waals surface area (Å²) in [6, 6.07) is -0.642. The first-order valence-corrected chi connectivity index (χ1v) is 10.2. The maximum absolute atomic E-state index is 12.9. The number of amidine groups is 1. The largest absolute Gasteiger partial charge is 0.482 e. The minimum atomic E-state index is -1.32. The SMILES string of the molecule is COC1=NC=C(c2cnn(C)c2)C2SC(NC(=O)N3CCC(O)(CF)CC3)=NC12. The third kappa shape index (κ3) is 3.88. The van der Waals surface area contributed by atoms with E-state index in [2.05, 4.69) is 20.4 Å². The van der Waals surface area contributed by atoms with Gasteiger partial charge in [0.25, 0.3) is 0 Å². The average Bonchev–Trinajstić information content (AvgIpc) is 3.33. The quantitative estimate of drug-likeness (QED) is 0.745. The third-order valence-corrected chi connectivity index (χ3v) is 6.56. The second-order valence-corrected chi connectivity index (χ2v) is 8.48. The van der Waals surface area contributed by atoms with Gasteiger partial charge >= 0.3 is 6.03 Å². The van der Waals surface area contributed by atoms with Crippen molar-refractivity contribution in [3.05, 3.63) is 24.2 Å². The summed E-state index contributed by atoms with van der Waals surface area (Å²) in [6.07, 6.45) is 5.87. The molecule has 1 saturated heterocycles. The second-order valence-electron chi connectivity index (χ2n) is 7.35. The number of aryl methyl sites for hydroxylation is 1. The smallest absolute Gasteiger partial charge is 0.323 e. The summed E-state index contributed by atoms with van der Waals surface area (Å²) in [6.45, 7) is -0.206. The number of carbonyl (C=O) groups excluding carboxylic acids is 1. The molecular weight excluding hydrogens is 399 g/mol. The van der Waals surface area contributed by atoms with E-state index >= 15 is 0 Å². The maximum Gasteiger partial charge on any atom is 0.323 e. The Morgan fingerprint density at radius 3 is 2.86 bits per heavy atom. The third-order valence-electron chi connectivity index (χ3n) is 5.36. The van der Waals surface area contributed by atoms with E-state index in [1.165, 1.54) is 11.8 Å². The van der Waals surface area contributed by atoms with Crippen LogP contribution in [-0.4, -0.2) is 80.7 Å². The fraction of sp³-hybridized carbons (Fsp3) is 0.556. The van der Waals surface area contributed by atoms with E-state index in [1.807, 2.05) is 13.2 Å². The van der Waals surface area contributed by atoms with Gasteiger partial charge in [0, 0.05) is 38.1 Å². The number of urea groups is 1. The van der Waals surface area contributed by atoms with Crippen molar-refractivity contribution in [1.82, 2.24) is 20.0 Å². The van der Waals surface area contributed by atoms with E-state index in [-0.39, 0.29) is 30.2 Å². The van der Waals surface area contributed by atoms with Gasteiger partial charge in [0.15, 0.2) is 5.17 Å². The number of halogens is 1. The first-order valence-electron chi connectivity index (χ1n) is 9.32. The molecule has 11 heteroatoms. The second kappa shape index (κ2) is 7.79. The average molecular weight is 422 g/mol. The number of rotatable bonds is 2. The highest BCUT2D eigenvalue weighted by atomic mass is 32.2. The molecule has 0 bridgehead atoms.